The zero-order valence-electron chi connectivity index (χ0n) is 10.6. The summed E-state index contributed by atoms with van der Waals surface area (Å²) in [6.07, 6.45) is 0. The summed E-state index contributed by atoms with van der Waals surface area (Å²) in [6.45, 7) is 4.65. The Kier molecular flexibility index (Phi) is 3.36. The second-order valence-corrected chi connectivity index (χ2v) is 5.60. The first-order valence-electron chi connectivity index (χ1n) is 6.27. The number of carbonyl (C=O) groups excluding carboxylic acids is 1. The molecule has 1 amide bonds. The van der Waals surface area contributed by atoms with E-state index in [9.17, 15) is 4.79 Å². The lowest BCUT2D eigenvalue weighted by Crippen LogP contribution is -2.52. The third-order valence-corrected chi connectivity index (χ3v) is 4.03. The molecule has 1 saturated heterocycles. The van der Waals surface area contributed by atoms with Crippen molar-refractivity contribution in [1.29, 1.82) is 0 Å². The van der Waals surface area contributed by atoms with Crippen molar-refractivity contribution in [2.24, 2.45) is 0 Å². The molecule has 2 aliphatic heterocycles. The van der Waals surface area contributed by atoms with E-state index in [1.165, 1.54) is 0 Å². The van der Waals surface area contributed by atoms with Gasteiger partial charge in [0.2, 0.25) is 6.79 Å². The fourth-order valence-corrected chi connectivity index (χ4v) is 2.96. The molecule has 1 atom stereocenters. The normalized spacial score (nSPS) is 21.6. The first-order valence-corrected chi connectivity index (χ1v) is 7.07. The minimum Gasteiger partial charge on any atom is -0.454 e. The monoisotopic (exact) mass is 326 g/mol. The van der Waals surface area contributed by atoms with Crippen molar-refractivity contribution in [1.82, 2.24) is 10.2 Å². The highest BCUT2D eigenvalue weighted by Gasteiger charge is 2.27. The van der Waals surface area contributed by atoms with Crippen LogP contribution in [0.3, 0.4) is 0 Å². The van der Waals surface area contributed by atoms with Crippen LogP contribution in [0.4, 0.5) is 0 Å². The highest BCUT2D eigenvalue weighted by molar-refractivity contribution is 9.10. The Morgan fingerprint density at radius 3 is 3.11 bits per heavy atom. The van der Waals surface area contributed by atoms with Crippen LogP contribution < -0.4 is 14.8 Å². The minimum atomic E-state index is 0.0352. The maximum Gasteiger partial charge on any atom is 0.254 e. The number of halogens is 1. The maximum atomic E-state index is 12.5. The standard InChI is InChI=1S/C13H15BrN2O3/c1-8-6-15-2-3-16(8)13(17)9-4-10(14)12-11(5-9)18-7-19-12/h4-5,8,15H,2-3,6-7H2,1H3/t8-/m1/s1. The van der Waals surface area contributed by atoms with Crippen LogP contribution in [0.2, 0.25) is 0 Å². The van der Waals surface area contributed by atoms with Gasteiger partial charge in [0.15, 0.2) is 11.5 Å². The van der Waals surface area contributed by atoms with E-state index in [4.69, 9.17) is 9.47 Å². The molecule has 19 heavy (non-hydrogen) atoms. The molecule has 0 spiro atoms. The predicted octanol–water partition coefficient (Wildman–Crippen LogP) is 1.61. The molecule has 0 bridgehead atoms. The number of nitrogens with one attached hydrogen (secondary N) is 1. The van der Waals surface area contributed by atoms with Crippen molar-refractivity contribution in [2.75, 3.05) is 26.4 Å². The SMILES string of the molecule is C[C@@H]1CNCCN1C(=O)c1cc(Br)c2c(c1)OCO2. The van der Waals surface area contributed by atoms with Crippen LogP contribution in [-0.2, 0) is 0 Å². The molecule has 0 aliphatic carbocycles. The second kappa shape index (κ2) is 5.02. The van der Waals surface area contributed by atoms with Gasteiger partial charge in [0.25, 0.3) is 5.91 Å². The number of hydrogen-bond acceptors (Lipinski definition) is 4. The van der Waals surface area contributed by atoms with E-state index in [0.29, 0.717) is 17.1 Å². The van der Waals surface area contributed by atoms with Gasteiger partial charge < -0.3 is 19.7 Å². The number of hydrogen-bond donors (Lipinski definition) is 1. The van der Waals surface area contributed by atoms with Gasteiger partial charge >= 0.3 is 0 Å². The Labute approximate surface area is 120 Å². The number of fused-ring (bicyclic) bond motifs is 1. The molecule has 1 N–H and O–H groups in total. The smallest absolute Gasteiger partial charge is 0.254 e. The van der Waals surface area contributed by atoms with Gasteiger partial charge in [-0.1, -0.05) is 0 Å². The Bertz CT molecular complexity index is 521. The van der Waals surface area contributed by atoms with Crippen LogP contribution in [0.15, 0.2) is 16.6 Å². The zero-order valence-corrected chi connectivity index (χ0v) is 12.2. The van der Waals surface area contributed by atoms with Crippen molar-refractivity contribution in [3.8, 4) is 11.5 Å². The Hall–Kier alpha value is -1.27. The van der Waals surface area contributed by atoms with E-state index in [-0.39, 0.29) is 18.7 Å². The van der Waals surface area contributed by atoms with Gasteiger partial charge in [0.05, 0.1) is 4.47 Å². The van der Waals surface area contributed by atoms with Crippen LogP contribution in [0.25, 0.3) is 0 Å². The highest BCUT2D eigenvalue weighted by Crippen LogP contribution is 2.40. The molecule has 6 heteroatoms. The van der Waals surface area contributed by atoms with Gasteiger partial charge in [-0.05, 0) is 35.0 Å². The average Bonchev–Trinajstić information content (AvgIpc) is 2.87. The molecular formula is C13H15BrN2O3. The van der Waals surface area contributed by atoms with Crippen molar-refractivity contribution >= 4 is 21.8 Å². The molecule has 1 aromatic rings. The van der Waals surface area contributed by atoms with Crippen molar-refractivity contribution in [3.63, 3.8) is 0 Å². The zero-order chi connectivity index (χ0) is 13.4. The summed E-state index contributed by atoms with van der Waals surface area (Å²) in [7, 11) is 0. The van der Waals surface area contributed by atoms with Gasteiger partial charge in [-0.2, -0.15) is 0 Å². The van der Waals surface area contributed by atoms with E-state index in [1.54, 1.807) is 12.1 Å². The van der Waals surface area contributed by atoms with E-state index >= 15 is 0 Å². The third-order valence-electron chi connectivity index (χ3n) is 3.44. The molecule has 2 aliphatic rings. The summed E-state index contributed by atoms with van der Waals surface area (Å²) in [5, 5.41) is 3.28. The van der Waals surface area contributed by atoms with Crippen LogP contribution in [-0.4, -0.2) is 43.3 Å². The summed E-state index contributed by atoms with van der Waals surface area (Å²) in [6, 6.07) is 3.75. The molecule has 3 rings (SSSR count). The molecular weight excluding hydrogens is 312 g/mol. The molecule has 102 valence electrons. The second-order valence-electron chi connectivity index (χ2n) is 4.74. The van der Waals surface area contributed by atoms with Gasteiger partial charge in [0.1, 0.15) is 0 Å². The molecule has 1 fully saturated rings. The van der Waals surface area contributed by atoms with Gasteiger partial charge in [-0.25, -0.2) is 0 Å². The number of benzene rings is 1. The topological polar surface area (TPSA) is 50.8 Å². The molecule has 0 unspecified atom stereocenters. The third kappa shape index (κ3) is 2.30. The minimum absolute atomic E-state index is 0.0352. The lowest BCUT2D eigenvalue weighted by molar-refractivity contribution is 0.0655. The summed E-state index contributed by atoms with van der Waals surface area (Å²) in [5.74, 6) is 1.33. The number of carbonyl (C=O) groups is 1. The fraction of sp³-hybridized carbons (Fsp3) is 0.462. The van der Waals surface area contributed by atoms with Gasteiger partial charge in [0, 0.05) is 31.2 Å². The van der Waals surface area contributed by atoms with Crippen molar-refractivity contribution in [2.45, 2.75) is 13.0 Å². The summed E-state index contributed by atoms with van der Waals surface area (Å²) in [5.41, 5.74) is 0.630. The fourth-order valence-electron chi connectivity index (χ4n) is 2.40. The van der Waals surface area contributed by atoms with Crippen LogP contribution in [0.1, 0.15) is 17.3 Å². The maximum absolute atomic E-state index is 12.5. The van der Waals surface area contributed by atoms with Crippen molar-refractivity contribution < 1.29 is 14.3 Å². The van der Waals surface area contributed by atoms with E-state index in [0.717, 1.165) is 24.1 Å². The number of ether oxygens (including phenoxy) is 2. The van der Waals surface area contributed by atoms with Crippen LogP contribution in [0.5, 0.6) is 11.5 Å². The molecule has 1 aromatic carbocycles. The number of rotatable bonds is 1. The largest absolute Gasteiger partial charge is 0.454 e. The van der Waals surface area contributed by atoms with Crippen molar-refractivity contribution in [3.05, 3.63) is 22.2 Å². The first-order chi connectivity index (χ1) is 9.16. The highest BCUT2D eigenvalue weighted by atomic mass is 79.9. The lowest BCUT2D eigenvalue weighted by Gasteiger charge is -2.34. The summed E-state index contributed by atoms with van der Waals surface area (Å²) < 4.78 is 11.4. The summed E-state index contributed by atoms with van der Waals surface area (Å²) >= 11 is 3.42. The van der Waals surface area contributed by atoms with E-state index in [1.807, 2.05) is 11.8 Å². The quantitative estimate of drug-likeness (QED) is 0.852. The van der Waals surface area contributed by atoms with Crippen LogP contribution >= 0.6 is 15.9 Å². The number of nitrogens with zero attached hydrogens (tertiary/aromatic N) is 1. The number of piperazine rings is 1. The molecule has 0 saturated carbocycles. The molecule has 0 aromatic heterocycles. The van der Waals surface area contributed by atoms with E-state index in [2.05, 4.69) is 21.2 Å². The Balaban J connectivity index is 1.89. The van der Waals surface area contributed by atoms with Crippen LogP contribution in [0, 0.1) is 0 Å². The number of amides is 1. The summed E-state index contributed by atoms with van der Waals surface area (Å²) in [4.78, 5) is 14.4. The molecule has 2 heterocycles. The Morgan fingerprint density at radius 2 is 2.32 bits per heavy atom. The van der Waals surface area contributed by atoms with Gasteiger partial charge in [-0.15, -0.1) is 0 Å². The van der Waals surface area contributed by atoms with Gasteiger partial charge in [-0.3, -0.25) is 4.79 Å². The van der Waals surface area contributed by atoms with E-state index < -0.39 is 0 Å². The lowest BCUT2D eigenvalue weighted by atomic mass is 10.1. The molecule has 5 nitrogen and oxygen atoms in total. The predicted molar refractivity (Wildman–Crippen MR) is 73.6 cm³/mol. The first kappa shape index (κ1) is 12.7. The molecule has 0 radical (unpaired) electrons. The average molecular weight is 327 g/mol. The Morgan fingerprint density at radius 1 is 1.47 bits per heavy atom.